The van der Waals surface area contributed by atoms with Gasteiger partial charge in [-0.25, -0.2) is 4.68 Å². The molecule has 1 aliphatic rings. The van der Waals surface area contributed by atoms with E-state index in [4.69, 9.17) is 0 Å². The second-order valence-corrected chi connectivity index (χ2v) is 7.13. The lowest BCUT2D eigenvalue weighted by atomic mass is 10.1. The summed E-state index contributed by atoms with van der Waals surface area (Å²) in [6.07, 6.45) is 1.95. The molecular formula is C19H26N6O2. The van der Waals surface area contributed by atoms with E-state index in [1.54, 1.807) is 24.3 Å². The number of nitrogens with zero attached hydrogens (tertiary/aromatic N) is 3. The maximum absolute atomic E-state index is 12.6. The second kappa shape index (κ2) is 8.30. The Morgan fingerprint density at radius 2 is 1.85 bits per heavy atom. The van der Waals surface area contributed by atoms with Crippen molar-refractivity contribution in [3.63, 3.8) is 0 Å². The first kappa shape index (κ1) is 19.0. The van der Waals surface area contributed by atoms with Crippen LogP contribution in [0.25, 0.3) is 0 Å². The van der Waals surface area contributed by atoms with E-state index in [2.05, 4.69) is 26.3 Å². The van der Waals surface area contributed by atoms with Crippen molar-refractivity contribution in [1.82, 2.24) is 20.3 Å². The second-order valence-electron chi connectivity index (χ2n) is 7.13. The largest absolute Gasteiger partial charge is 0.326 e. The van der Waals surface area contributed by atoms with Gasteiger partial charge in [-0.15, -0.1) is 5.10 Å². The number of amides is 2. The first-order valence-corrected chi connectivity index (χ1v) is 9.30. The Balaban J connectivity index is 1.70. The Morgan fingerprint density at radius 1 is 1.19 bits per heavy atom. The molecule has 1 aliphatic heterocycles. The molecule has 27 heavy (non-hydrogen) atoms. The smallest absolute Gasteiger partial charge is 0.278 e. The van der Waals surface area contributed by atoms with Crippen molar-refractivity contribution >= 4 is 23.2 Å². The highest BCUT2D eigenvalue weighted by Gasteiger charge is 2.23. The van der Waals surface area contributed by atoms with E-state index in [1.165, 1.54) is 0 Å². The van der Waals surface area contributed by atoms with Crippen LogP contribution in [0.4, 0.5) is 11.4 Å². The molecule has 1 aromatic heterocycles. The third-order valence-corrected chi connectivity index (χ3v) is 4.71. The summed E-state index contributed by atoms with van der Waals surface area (Å²) in [5.41, 5.74) is 2.33. The lowest BCUT2D eigenvalue weighted by Gasteiger charge is -2.23. The topological polar surface area (TPSA) is 101 Å². The van der Waals surface area contributed by atoms with Crippen LogP contribution in [0.5, 0.6) is 0 Å². The highest BCUT2D eigenvalue weighted by Crippen LogP contribution is 2.21. The number of benzene rings is 1. The molecular weight excluding hydrogens is 344 g/mol. The van der Waals surface area contributed by atoms with Gasteiger partial charge in [0.05, 0.1) is 11.7 Å². The first-order chi connectivity index (χ1) is 13.0. The normalized spacial score (nSPS) is 15.0. The molecule has 2 aromatic rings. The molecule has 8 nitrogen and oxygen atoms in total. The van der Waals surface area contributed by atoms with Crippen LogP contribution in [0.2, 0.25) is 0 Å². The van der Waals surface area contributed by atoms with Crippen LogP contribution in [-0.4, -0.2) is 39.9 Å². The molecule has 0 aliphatic carbocycles. The van der Waals surface area contributed by atoms with Crippen LogP contribution >= 0.6 is 0 Å². The zero-order valence-electron chi connectivity index (χ0n) is 16.0. The SMILES string of the molecule is Cc1c(C(=O)Nc2cccc(NC(=O)C(C)C)c2)nnn1C1CCNCC1. The third kappa shape index (κ3) is 4.51. The minimum absolute atomic E-state index is 0.0702. The minimum Gasteiger partial charge on any atom is -0.326 e. The predicted octanol–water partition coefficient (Wildman–Crippen LogP) is 2.36. The number of carbonyl (C=O) groups excluding carboxylic acids is 2. The van der Waals surface area contributed by atoms with E-state index in [0.29, 0.717) is 17.1 Å². The molecule has 1 fully saturated rings. The standard InChI is InChI=1S/C19H26N6O2/c1-12(2)18(26)21-14-5-4-6-15(11-14)22-19(27)17-13(3)25(24-23-17)16-7-9-20-10-8-16/h4-6,11-12,16,20H,7-10H2,1-3H3,(H,21,26)(H,22,27). The lowest BCUT2D eigenvalue weighted by molar-refractivity contribution is -0.118. The number of rotatable bonds is 5. The summed E-state index contributed by atoms with van der Waals surface area (Å²) in [5.74, 6) is -0.491. The van der Waals surface area contributed by atoms with Gasteiger partial charge in [-0.1, -0.05) is 25.1 Å². The average molecular weight is 370 g/mol. The van der Waals surface area contributed by atoms with E-state index >= 15 is 0 Å². The number of hydrogen-bond donors (Lipinski definition) is 3. The molecule has 0 saturated carbocycles. The van der Waals surface area contributed by atoms with Crippen LogP contribution in [-0.2, 0) is 4.79 Å². The van der Waals surface area contributed by atoms with Crippen molar-refractivity contribution in [2.75, 3.05) is 23.7 Å². The van der Waals surface area contributed by atoms with Crippen molar-refractivity contribution in [2.45, 2.75) is 39.7 Å². The molecule has 144 valence electrons. The van der Waals surface area contributed by atoms with Gasteiger partial charge < -0.3 is 16.0 Å². The van der Waals surface area contributed by atoms with Crippen molar-refractivity contribution in [3.8, 4) is 0 Å². The van der Waals surface area contributed by atoms with Crippen LogP contribution in [0, 0.1) is 12.8 Å². The molecule has 3 N–H and O–H groups in total. The number of piperidine rings is 1. The predicted molar refractivity (Wildman–Crippen MR) is 104 cm³/mol. The molecule has 0 unspecified atom stereocenters. The summed E-state index contributed by atoms with van der Waals surface area (Å²) in [7, 11) is 0. The van der Waals surface area contributed by atoms with E-state index in [9.17, 15) is 9.59 Å². The molecule has 2 amide bonds. The Bertz CT molecular complexity index is 823. The first-order valence-electron chi connectivity index (χ1n) is 9.30. The Kier molecular flexibility index (Phi) is 5.85. The molecule has 3 rings (SSSR count). The van der Waals surface area contributed by atoms with Gasteiger partial charge in [-0.3, -0.25) is 9.59 Å². The van der Waals surface area contributed by atoms with Crippen LogP contribution < -0.4 is 16.0 Å². The van der Waals surface area contributed by atoms with Crippen molar-refractivity contribution in [1.29, 1.82) is 0 Å². The summed E-state index contributed by atoms with van der Waals surface area (Å²) < 4.78 is 1.86. The van der Waals surface area contributed by atoms with Gasteiger partial charge in [0.2, 0.25) is 5.91 Å². The fourth-order valence-corrected chi connectivity index (χ4v) is 3.10. The monoisotopic (exact) mass is 370 g/mol. The molecule has 0 spiro atoms. The maximum atomic E-state index is 12.6. The van der Waals surface area contributed by atoms with E-state index in [-0.39, 0.29) is 23.8 Å². The van der Waals surface area contributed by atoms with E-state index in [0.717, 1.165) is 31.6 Å². The molecule has 8 heteroatoms. The van der Waals surface area contributed by atoms with E-state index < -0.39 is 0 Å². The van der Waals surface area contributed by atoms with Gasteiger partial charge in [0.1, 0.15) is 0 Å². The number of carbonyl (C=O) groups is 2. The molecule has 1 saturated heterocycles. The molecule has 0 bridgehead atoms. The number of nitrogens with one attached hydrogen (secondary N) is 3. The highest BCUT2D eigenvalue weighted by molar-refractivity contribution is 6.04. The zero-order chi connectivity index (χ0) is 19.4. The van der Waals surface area contributed by atoms with E-state index in [1.807, 2.05) is 25.5 Å². The maximum Gasteiger partial charge on any atom is 0.278 e. The Morgan fingerprint density at radius 3 is 2.52 bits per heavy atom. The fourth-order valence-electron chi connectivity index (χ4n) is 3.10. The fraction of sp³-hybridized carbons (Fsp3) is 0.474. The van der Waals surface area contributed by atoms with Gasteiger partial charge >= 0.3 is 0 Å². The summed E-state index contributed by atoms with van der Waals surface area (Å²) in [5, 5.41) is 17.3. The number of aromatic nitrogens is 3. The van der Waals surface area contributed by atoms with Crippen molar-refractivity contribution in [2.24, 2.45) is 5.92 Å². The average Bonchev–Trinajstić information content (AvgIpc) is 3.04. The third-order valence-electron chi connectivity index (χ3n) is 4.71. The van der Waals surface area contributed by atoms with Gasteiger partial charge in [0, 0.05) is 17.3 Å². The summed E-state index contributed by atoms with van der Waals surface area (Å²) in [6, 6.07) is 7.34. The minimum atomic E-state index is -0.306. The van der Waals surface area contributed by atoms with Crippen LogP contribution in [0.1, 0.15) is 48.9 Å². The number of anilines is 2. The van der Waals surface area contributed by atoms with Crippen LogP contribution in [0.15, 0.2) is 24.3 Å². The highest BCUT2D eigenvalue weighted by atomic mass is 16.2. The van der Waals surface area contributed by atoms with Crippen molar-refractivity contribution < 1.29 is 9.59 Å². The lowest BCUT2D eigenvalue weighted by Crippen LogP contribution is -2.30. The van der Waals surface area contributed by atoms with Gasteiger partial charge in [0.15, 0.2) is 5.69 Å². The van der Waals surface area contributed by atoms with Crippen molar-refractivity contribution in [3.05, 3.63) is 35.7 Å². The Hall–Kier alpha value is -2.74. The molecule has 0 atom stereocenters. The zero-order valence-corrected chi connectivity index (χ0v) is 16.0. The summed E-state index contributed by atoms with van der Waals surface area (Å²) >= 11 is 0. The molecule has 1 aromatic carbocycles. The summed E-state index contributed by atoms with van der Waals surface area (Å²) in [4.78, 5) is 24.5. The molecule has 0 radical (unpaired) electrons. The summed E-state index contributed by atoms with van der Waals surface area (Å²) in [6.45, 7) is 7.42. The molecule has 2 heterocycles. The van der Waals surface area contributed by atoms with Crippen LogP contribution in [0.3, 0.4) is 0 Å². The quantitative estimate of drug-likeness (QED) is 0.750. The van der Waals surface area contributed by atoms with Gasteiger partial charge in [-0.2, -0.15) is 0 Å². The number of hydrogen-bond acceptors (Lipinski definition) is 5. The Labute approximate surface area is 158 Å². The van der Waals surface area contributed by atoms with Gasteiger partial charge in [-0.05, 0) is 51.1 Å². The van der Waals surface area contributed by atoms with Gasteiger partial charge in [0.25, 0.3) is 5.91 Å².